The molecule has 0 aromatic heterocycles. The van der Waals surface area contributed by atoms with Crippen LogP contribution in [0.25, 0.3) is 0 Å². The lowest BCUT2D eigenvalue weighted by Crippen LogP contribution is -2.20. The number of benzene rings is 3. The Morgan fingerprint density at radius 1 is 0.892 bits per heavy atom. The van der Waals surface area contributed by atoms with Crippen LogP contribution in [0.1, 0.15) is 84.6 Å². The number of ether oxygens (including phenoxy) is 1. The molecule has 1 heterocycles. The minimum atomic E-state index is -0.490. The van der Waals surface area contributed by atoms with Crippen LogP contribution in [0.15, 0.2) is 66.7 Å². The maximum atomic E-state index is 12.0. The summed E-state index contributed by atoms with van der Waals surface area (Å²) in [5.74, 6) is 1.04. The van der Waals surface area contributed by atoms with E-state index in [0.717, 1.165) is 61.6 Å². The van der Waals surface area contributed by atoms with Gasteiger partial charge in [-0.1, -0.05) is 81.8 Å². The second-order valence-corrected chi connectivity index (χ2v) is 11.2. The first kappa shape index (κ1) is 27.0. The summed E-state index contributed by atoms with van der Waals surface area (Å²) in [5, 5.41) is 1.55. The Balaban J connectivity index is 1.28. The zero-order chi connectivity index (χ0) is 26.2. The van der Waals surface area contributed by atoms with E-state index < -0.39 is 5.25 Å². The lowest BCUT2D eigenvalue weighted by Gasteiger charge is -2.13. The maximum absolute atomic E-state index is 12.0. The number of rotatable bonds is 12. The van der Waals surface area contributed by atoms with Gasteiger partial charge in [-0.05, 0) is 95.3 Å². The second kappa shape index (κ2) is 13.0. The average molecular weight is 516 g/mol. The third kappa shape index (κ3) is 7.48. The highest BCUT2D eigenvalue weighted by Gasteiger charge is 2.33. The molecule has 1 fully saturated rings. The molecule has 3 aromatic carbocycles. The largest absolute Gasteiger partial charge is 0.494 e. The van der Waals surface area contributed by atoms with E-state index in [4.69, 9.17) is 4.74 Å². The summed E-state index contributed by atoms with van der Waals surface area (Å²) in [6, 6.07) is 23.5. The van der Waals surface area contributed by atoms with Crippen LogP contribution in [-0.2, 0) is 24.1 Å². The Morgan fingerprint density at radius 3 is 2.38 bits per heavy atom. The Bertz CT molecular complexity index is 1220. The summed E-state index contributed by atoms with van der Waals surface area (Å²) < 4.78 is 5.97. The molecule has 1 N–H and O–H groups in total. The van der Waals surface area contributed by atoms with E-state index in [1.807, 2.05) is 24.3 Å². The number of hydrogen-bond donors (Lipinski definition) is 1. The molecular weight excluding hydrogens is 478 g/mol. The van der Waals surface area contributed by atoms with Crippen LogP contribution < -0.4 is 10.1 Å². The zero-order valence-electron chi connectivity index (χ0n) is 22.1. The number of nitrogens with one attached hydrogen (secondary N) is 1. The van der Waals surface area contributed by atoms with Crippen LogP contribution in [0.4, 0.5) is 4.79 Å². The lowest BCUT2D eigenvalue weighted by atomic mass is 9.93. The molecule has 1 unspecified atom stereocenters. The van der Waals surface area contributed by atoms with Gasteiger partial charge in [0, 0.05) is 0 Å². The number of carbonyl (C=O) groups is 2. The molecule has 1 aliphatic rings. The van der Waals surface area contributed by atoms with Gasteiger partial charge in [0.15, 0.2) is 0 Å². The number of imide groups is 1. The van der Waals surface area contributed by atoms with Crippen molar-refractivity contribution in [2.24, 2.45) is 0 Å². The van der Waals surface area contributed by atoms with Crippen LogP contribution in [0.2, 0.25) is 0 Å². The molecule has 0 bridgehead atoms. The Hall–Kier alpha value is -3.05. The minimum absolute atomic E-state index is 0.259. The van der Waals surface area contributed by atoms with Crippen molar-refractivity contribution in [1.29, 1.82) is 0 Å². The van der Waals surface area contributed by atoms with Crippen molar-refractivity contribution in [1.82, 2.24) is 5.32 Å². The lowest BCUT2D eigenvalue weighted by molar-refractivity contribution is -0.119. The molecule has 0 aliphatic carbocycles. The maximum Gasteiger partial charge on any atom is 0.286 e. The Kier molecular flexibility index (Phi) is 9.45. The number of thioether (sulfide) groups is 1. The molecule has 4 nitrogen and oxygen atoms in total. The van der Waals surface area contributed by atoms with Crippen LogP contribution in [0, 0.1) is 0 Å². The van der Waals surface area contributed by atoms with Gasteiger partial charge in [-0.3, -0.25) is 14.9 Å². The Morgan fingerprint density at radius 2 is 1.68 bits per heavy atom. The molecule has 0 saturated carbocycles. The predicted molar refractivity (Wildman–Crippen MR) is 153 cm³/mol. The fraction of sp³-hybridized carbons (Fsp3) is 0.375. The highest BCUT2D eigenvalue weighted by molar-refractivity contribution is 8.15. The van der Waals surface area contributed by atoms with Crippen molar-refractivity contribution >= 4 is 22.9 Å². The monoisotopic (exact) mass is 515 g/mol. The first-order valence-electron chi connectivity index (χ1n) is 13.4. The number of unbranched alkanes of at least 4 members (excludes halogenated alkanes) is 1. The topological polar surface area (TPSA) is 55.4 Å². The van der Waals surface area contributed by atoms with Crippen molar-refractivity contribution < 1.29 is 14.3 Å². The van der Waals surface area contributed by atoms with E-state index in [2.05, 4.69) is 68.6 Å². The highest BCUT2D eigenvalue weighted by Crippen LogP contribution is 2.35. The number of aryl methyl sites for hydroxylation is 2. The molecule has 3 aromatic rings. The summed E-state index contributed by atoms with van der Waals surface area (Å²) in [4.78, 5) is 23.4. The van der Waals surface area contributed by atoms with Gasteiger partial charge in [0.05, 0.1) is 6.61 Å². The van der Waals surface area contributed by atoms with Gasteiger partial charge in [-0.15, -0.1) is 0 Å². The third-order valence-electron chi connectivity index (χ3n) is 6.80. The van der Waals surface area contributed by atoms with Crippen LogP contribution >= 0.6 is 11.8 Å². The normalized spacial score (nSPS) is 15.3. The van der Waals surface area contributed by atoms with Crippen molar-refractivity contribution in [3.8, 4) is 5.75 Å². The number of amides is 2. The van der Waals surface area contributed by atoms with Crippen molar-refractivity contribution in [2.75, 3.05) is 6.61 Å². The van der Waals surface area contributed by atoms with E-state index in [1.54, 1.807) is 0 Å². The van der Waals surface area contributed by atoms with E-state index in [0.29, 0.717) is 12.5 Å². The fourth-order valence-electron chi connectivity index (χ4n) is 4.74. The second-order valence-electron chi connectivity index (χ2n) is 10.1. The summed E-state index contributed by atoms with van der Waals surface area (Å²) in [6.07, 6.45) is 6.27. The average Bonchev–Trinajstić information content (AvgIpc) is 3.23. The first-order valence-corrected chi connectivity index (χ1v) is 14.2. The highest BCUT2D eigenvalue weighted by atomic mass is 32.2. The van der Waals surface area contributed by atoms with Gasteiger partial charge < -0.3 is 4.74 Å². The quantitative estimate of drug-likeness (QED) is 0.250. The van der Waals surface area contributed by atoms with Gasteiger partial charge in [0.25, 0.3) is 5.24 Å². The standard InChI is InChI=1S/C32H37NO3S/c1-4-8-27-20-24(19-23-12-15-25(16-13-23)22(2)3)14-17-26(27)9-5-6-18-36-29-11-7-10-28(21-29)30-31(34)33-32(35)37-30/h7,10-17,20-22,30H,4-6,8-9,18-19H2,1-3H3,(H,33,34,35). The van der Waals surface area contributed by atoms with E-state index in [9.17, 15) is 9.59 Å². The van der Waals surface area contributed by atoms with Gasteiger partial charge in [-0.2, -0.15) is 0 Å². The molecule has 37 heavy (non-hydrogen) atoms. The number of hydrogen-bond acceptors (Lipinski definition) is 4. The molecule has 5 heteroatoms. The van der Waals surface area contributed by atoms with Gasteiger partial charge >= 0.3 is 0 Å². The van der Waals surface area contributed by atoms with Crippen molar-refractivity contribution in [2.45, 2.75) is 70.5 Å². The molecule has 2 amide bonds. The molecular formula is C32H37NO3S. The molecule has 1 saturated heterocycles. The third-order valence-corrected chi connectivity index (χ3v) is 7.84. The SMILES string of the molecule is CCCc1cc(Cc2ccc(C(C)C)cc2)ccc1CCCCOc1cccc(C2SC(=O)NC2=O)c1. The van der Waals surface area contributed by atoms with Crippen molar-refractivity contribution in [3.63, 3.8) is 0 Å². The van der Waals surface area contributed by atoms with Gasteiger partial charge in [0.1, 0.15) is 11.0 Å². The number of carbonyl (C=O) groups excluding carboxylic acids is 2. The van der Waals surface area contributed by atoms with Gasteiger partial charge in [-0.25, -0.2) is 0 Å². The summed E-state index contributed by atoms with van der Waals surface area (Å²) in [6.45, 7) is 7.33. The van der Waals surface area contributed by atoms with Crippen LogP contribution in [0.3, 0.4) is 0 Å². The molecule has 1 aliphatic heterocycles. The van der Waals surface area contributed by atoms with E-state index in [1.165, 1.54) is 27.8 Å². The fourth-order valence-corrected chi connectivity index (χ4v) is 5.56. The molecule has 4 rings (SSSR count). The van der Waals surface area contributed by atoms with Crippen LogP contribution in [0.5, 0.6) is 5.75 Å². The summed E-state index contributed by atoms with van der Waals surface area (Å²) in [7, 11) is 0. The van der Waals surface area contributed by atoms with Gasteiger partial charge in [0.2, 0.25) is 5.91 Å². The van der Waals surface area contributed by atoms with Crippen molar-refractivity contribution in [3.05, 3.63) is 100 Å². The Labute approximate surface area is 225 Å². The van der Waals surface area contributed by atoms with E-state index >= 15 is 0 Å². The molecule has 0 radical (unpaired) electrons. The molecule has 0 spiro atoms. The smallest absolute Gasteiger partial charge is 0.286 e. The first-order chi connectivity index (χ1) is 17.9. The predicted octanol–water partition coefficient (Wildman–Crippen LogP) is 7.78. The summed E-state index contributed by atoms with van der Waals surface area (Å²) >= 11 is 1.02. The van der Waals surface area contributed by atoms with E-state index in [-0.39, 0.29) is 11.1 Å². The zero-order valence-corrected chi connectivity index (χ0v) is 22.9. The molecule has 194 valence electrons. The molecule has 1 atom stereocenters. The summed E-state index contributed by atoms with van der Waals surface area (Å²) in [5.41, 5.74) is 7.83. The minimum Gasteiger partial charge on any atom is -0.494 e. The van der Waals surface area contributed by atoms with Crippen LogP contribution in [-0.4, -0.2) is 17.8 Å².